The van der Waals surface area contributed by atoms with Crippen LogP contribution in [0.1, 0.15) is 4.88 Å². The normalized spacial score (nSPS) is 27.0. The number of hydrogen-bond acceptors (Lipinski definition) is 4. The molecule has 2 aliphatic heterocycles. The molecular weight excluding hydrogens is 250 g/mol. The second-order valence-electron chi connectivity index (χ2n) is 4.61. The number of ether oxygens (including phenoxy) is 1. The van der Waals surface area contributed by atoms with Crippen molar-refractivity contribution in [3.05, 3.63) is 22.4 Å². The van der Waals surface area contributed by atoms with Gasteiger partial charge in [-0.15, -0.1) is 11.3 Å². The number of thiophene rings is 1. The molecule has 5 nitrogen and oxygen atoms in total. The Balaban J connectivity index is 1.51. The Morgan fingerprint density at radius 2 is 2.56 bits per heavy atom. The largest absolute Gasteiger partial charge is 0.373 e. The van der Waals surface area contributed by atoms with Crippen molar-refractivity contribution in [3.63, 3.8) is 0 Å². The Hall–Kier alpha value is -1.11. The molecule has 0 saturated carbocycles. The van der Waals surface area contributed by atoms with E-state index in [1.807, 2.05) is 22.4 Å². The summed E-state index contributed by atoms with van der Waals surface area (Å²) in [4.78, 5) is 15.0. The number of amides is 2. The van der Waals surface area contributed by atoms with Crippen molar-refractivity contribution in [2.75, 3.05) is 26.2 Å². The van der Waals surface area contributed by atoms with E-state index in [4.69, 9.17) is 4.74 Å². The molecule has 2 N–H and O–H groups in total. The summed E-state index contributed by atoms with van der Waals surface area (Å²) in [5.74, 6) is 0. The minimum Gasteiger partial charge on any atom is -0.373 e. The molecule has 1 aromatic heterocycles. The van der Waals surface area contributed by atoms with Gasteiger partial charge in [0.2, 0.25) is 0 Å². The highest BCUT2D eigenvalue weighted by Gasteiger charge is 2.37. The fraction of sp³-hybridized carbons (Fsp3) is 0.583. The van der Waals surface area contributed by atoms with E-state index in [0.29, 0.717) is 19.1 Å². The Morgan fingerprint density at radius 3 is 3.33 bits per heavy atom. The number of morpholine rings is 1. The van der Waals surface area contributed by atoms with Gasteiger partial charge in [-0.1, -0.05) is 6.07 Å². The lowest BCUT2D eigenvalue weighted by Gasteiger charge is -2.25. The molecule has 3 heterocycles. The molecule has 6 heteroatoms. The molecule has 0 aliphatic carbocycles. The van der Waals surface area contributed by atoms with Crippen molar-refractivity contribution >= 4 is 17.4 Å². The molecule has 0 aromatic carbocycles. The van der Waals surface area contributed by atoms with Crippen molar-refractivity contribution in [3.8, 4) is 0 Å². The molecule has 0 spiro atoms. The number of nitrogens with zero attached hydrogens (tertiary/aromatic N) is 1. The Kier molecular flexibility index (Phi) is 3.49. The molecule has 98 valence electrons. The summed E-state index contributed by atoms with van der Waals surface area (Å²) in [5, 5.41) is 8.36. The van der Waals surface area contributed by atoms with E-state index in [-0.39, 0.29) is 12.1 Å². The van der Waals surface area contributed by atoms with Crippen LogP contribution in [0.5, 0.6) is 0 Å². The number of likely N-dealkylation sites (tertiary alicyclic amines) is 1. The molecule has 2 saturated heterocycles. The number of nitrogens with one attached hydrogen (secondary N) is 2. The highest BCUT2D eigenvalue weighted by Crippen LogP contribution is 2.16. The molecule has 2 fully saturated rings. The number of fused-ring (bicyclic) bond motifs is 1. The highest BCUT2D eigenvalue weighted by atomic mass is 32.1. The monoisotopic (exact) mass is 267 g/mol. The Bertz CT molecular complexity index is 395. The predicted molar refractivity (Wildman–Crippen MR) is 69.7 cm³/mol. The molecule has 2 unspecified atom stereocenters. The van der Waals surface area contributed by atoms with Crippen LogP contribution in [-0.2, 0) is 11.3 Å². The van der Waals surface area contributed by atoms with E-state index in [1.165, 1.54) is 4.88 Å². The highest BCUT2D eigenvalue weighted by molar-refractivity contribution is 7.09. The number of urea groups is 1. The first kappa shape index (κ1) is 12.0. The minimum absolute atomic E-state index is 0.00296. The number of carbonyl (C=O) groups is 1. The summed E-state index contributed by atoms with van der Waals surface area (Å²) in [6, 6.07) is 4.32. The topological polar surface area (TPSA) is 53.6 Å². The third kappa shape index (κ3) is 2.50. The van der Waals surface area contributed by atoms with E-state index in [0.717, 1.165) is 19.7 Å². The number of hydrogen-bond donors (Lipinski definition) is 2. The fourth-order valence-corrected chi connectivity index (χ4v) is 3.09. The number of carbonyl (C=O) groups excluding carboxylic acids is 1. The van der Waals surface area contributed by atoms with Gasteiger partial charge in [0.25, 0.3) is 0 Å². The van der Waals surface area contributed by atoms with Gasteiger partial charge in [0.05, 0.1) is 31.8 Å². The maximum absolute atomic E-state index is 12.0. The van der Waals surface area contributed by atoms with Crippen LogP contribution >= 0.6 is 11.3 Å². The van der Waals surface area contributed by atoms with E-state index in [1.54, 1.807) is 11.3 Å². The Morgan fingerprint density at radius 1 is 1.61 bits per heavy atom. The minimum atomic E-state index is 0.00296. The lowest BCUT2D eigenvalue weighted by molar-refractivity contribution is 0.0186. The predicted octanol–water partition coefficient (Wildman–Crippen LogP) is 0.630. The standard InChI is InChI=1S/C12H17N3O2S/c16-12(14-6-9-2-1-5-18-9)15-7-10-11(8-15)17-4-3-13-10/h1-2,5,10-11,13H,3-4,6-8H2,(H,14,16). The van der Waals surface area contributed by atoms with Crippen molar-refractivity contribution in [1.82, 2.24) is 15.5 Å². The van der Waals surface area contributed by atoms with E-state index in [9.17, 15) is 4.79 Å². The van der Waals surface area contributed by atoms with E-state index < -0.39 is 0 Å². The summed E-state index contributed by atoms with van der Waals surface area (Å²) < 4.78 is 5.65. The molecule has 1 aromatic rings. The zero-order valence-corrected chi connectivity index (χ0v) is 10.9. The van der Waals surface area contributed by atoms with Gasteiger partial charge in [0, 0.05) is 18.0 Å². The lowest BCUT2D eigenvalue weighted by Crippen LogP contribution is -2.47. The van der Waals surface area contributed by atoms with Crippen molar-refractivity contribution in [2.24, 2.45) is 0 Å². The van der Waals surface area contributed by atoms with Crippen LogP contribution < -0.4 is 10.6 Å². The van der Waals surface area contributed by atoms with Gasteiger partial charge in [-0.25, -0.2) is 4.79 Å². The lowest BCUT2D eigenvalue weighted by atomic mass is 10.2. The fourth-order valence-electron chi connectivity index (χ4n) is 2.45. The molecule has 3 rings (SSSR count). The maximum atomic E-state index is 12.0. The van der Waals surface area contributed by atoms with E-state index in [2.05, 4.69) is 10.6 Å². The molecule has 2 amide bonds. The van der Waals surface area contributed by atoms with E-state index >= 15 is 0 Å². The third-order valence-corrected chi connectivity index (χ3v) is 4.26. The summed E-state index contributed by atoms with van der Waals surface area (Å²) in [6.07, 6.45) is 0.159. The molecule has 2 atom stereocenters. The molecule has 0 bridgehead atoms. The van der Waals surface area contributed by atoms with Gasteiger partial charge in [-0.3, -0.25) is 0 Å². The van der Waals surface area contributed by atoms with Crippen molar-refractivity contribution < 1.29 is 9.53 Å². The average Bonchev–Trinajstić information content (AvgIpc) is 3.04. The summed E-state index contributed by atoms with van der Waals surface area (Å²) in [6.45, 7) is 3.66. The first-order valence-electron chi connectivity index (χ1n) is 6.23. The van der Waals surface area contributed by atoms with Gasteiger partial charge < -0.3 is 20.3 Å². The van der Waals surface area contributed by atoms with Crippen molar-refractivity contribution in [1.29, 1.82) is 0 Å². The quantitative estimate of drug-likeness (QED) is 0.826. The molecular formula is C12H17N3O2S. The van der Waals surface area contributed by atoms with Gasteiger partial charge in [0.15, 0.2) is 0 Å². The van der Waals surface area contributed by atoms with Crippen LogP contribution in [0.4, 0.5) is 4.79 Å². The first-order chi connectivity index (χ1) is 8.83. The third-order valence-electron chi connectivity index (χ3n) is 3.39. The average molecular weight is 267 g/mol. The smallest absolute Gasteiger partial charge is 0.317 e. The summed E-state index contributed by atoms with van der Waals surface area (Å²) in [5.41, 5.74) is 0. The zero-order chi connectivity index (χ0) is 12.4. The zero-order valence-electron chi connectivity index (χ0n) is 10.1. The van der Waals surface area contributed by atoms with Crippen LogP contribution in [0, 0.1) is 0 Å². The van der Waals surface area contributed by atoms with Gasteiger partial charge in [0.1, 0.15) is 0 Å². The SMILES string of the molecule is O=C(NCc1cccs1)N1CC2NCCOC2C1. The Labute approximate surface area is 110 Å². The van der Waals surface area contributed by atoms with Crippen LogP contribution in [0.2, 0.25) is 0 Å². The van der Waals surface area contributed by atoms with Gasteiger partial charge in [-0.2, -0.15) is 0 Å². The van der Waals surface area contributed by atoms with Crippen LogP contribution in [-0.4, -0.2) is 49.3 Å². The van der Waals surface area contributed by atoms with Crippen LogP contribution in [0.3, 0.4) is 0 Å². The summed E-state index contributed by atoms with van der Waals surface area (Å²) in [7, 11) is 0. The maximum Gasteiger partial charge on any atom is 0.317 e. The molecule has 0 radical (unpaired) electrons. The van der Waals surface area contributed by atoms with Crippen molar-refractivity contribution in [2.45, 2.75) is 18.7 Å². The molecule has 18 heavy (non-hydrogen) atoms. The number of rotatable bonds is 2. The van der Waals surface area contributed by atoms with Gasteiger partial charge >= 0.3 is 6.03 Å². The second-order valence-corrected chi connectivity index (χ2v) is 5.65. The van der Waals surface area contributed by atoms with Crippen LogP contribution in [0.25, 0.3) is 0 Å². The second kappa shape index (κ2) is 5.26. The first-order valence-corrected chi connectivity index (χ1v) is 7.11. The van der Waals surface area contributed by atoms with Gasteiger partial charge in [-0.05, 0) is 11.4 Å². The molecule has 2 aliphatic rings. The summed E-state index contributed by atoms with van der Waals surface area (Å²) >= 11 is 1.66. The van der Waals surface area contributed by atoms with Crippen LogP contribution in [0.15, 0.2) is 17.5 Å².